The van der Waals surface area contributed by atoms with E-state index in [1.807, 2.05) is 11.8 Å². The Morgan fingerprint density at radius 1 is 1.21 bits per heavy atom. The molecule has 0 saturated carbocycles. The van der Waals surface area contributed by atoms with Crippen molar-refractivity contribution in [3.8, 4) is 0 Å². The first kappa shape index (κ1) is 20.1. The molecule has 0 spiro atoms. The summed E-state index contributed by atoms with van der Waals surface area (Å²) in [4.78, 5) is 9.58. The molecular weight excluding hydrogens is 378 g/mol. The molecule has 1 aliphatic heterocycles. The van der Waals surface area contributed by atoms with Crippen molar-refractivity contribution in [3.63, 3.8) is 0 Å². The van der Waals surface area contributed by atoms with Crippen LogP contribution in [0.5, 0.6) is 0 Å². The number of aryl methyl sites for hydroxylation is 1. The molecule has 1 fully saturated rings. The van der Waals surface area contributed by atoms with Crippen molar-refractivity contribution >= 4 is 23.1 Å². The van der Waals surface area contributed by atoms with Gasteiger partial charge in [0, 0.05) is 31.5 Å². The maximum absolute atomic E-state index is 14.6. The molecule has 0 unspecified atom stereocenters. The van der Waals surface area contributed by atoms with Gasteiger partial charge in [-0.2, -0.15) is 18.2 Å². The van der Waals surface area contributed by atoms with Crippen molar-refractivity contribution in [2.75, 3.05) is 48.4 Å². The standard InChI is InChI=1S/C18H21F4N5O/c1-3-23-16-12(18(20,21)22)10-24-17(26-16)25-14-8-11(2)15(9-13(14)19)27-4-6-28-7-5-27/h8-10H,3-7H2,1-2H3,(H2,23,24,25,26). The van der Waals surface area contributed by atoms with Crippen LogP contribution in [-0.2, 0) is 10.9 Å². The Hall–Kier alpha value is -2.62. The Kier molecular flexibility index (Phi) is 5.87. The summed E-state index contributed by atoms with van der Waals surface area (Å²) in [6.45, 7) is 6.24. The van der Waals surface area contributed by atoms with Crippen LogP contribution in [0.25, 0.3) is 0 Å². The van der Waals surface area contributed by atoms with E-state index in [1.54, 1.807) is 13.0 Å². The highest BCUT2D eigenvalue weighted by Gasteiger charge is 2.35. The quantitative estimate of drug-likeness (QED) is 0.743. The van der Waals surface area contributed by atoms with E-state index in [-0.39, 0.29) is 24.0 Å². The highest BCUT2D eigenvalue weighted by Crippen LogP contribution is 2.34. The van der Waals surface area contributed by atoms with E-state index in [0.29, 0.717) is 32.5 Å². The van der Waals surface area contributed by atoms with E-state index in [1.165, 1.54) is 6.07 Å². The van der Waals surface area contributed by atoms with Gasteiger partial charge in [-0.25, -0.2) is 9.37 Å². The summed E-state index contributed by atoms with van der Waals surface area (Å²) >= 11 is 0. The van der Waals surface area contributed by atoms with Crippen LogP contribution in [0.3, 0.4) is 0 Å². The highest BCUT2D eigenvalue weighted by molar-refractivity contribution is 5.65. The number of nitrogens with one attached hydrogen (secondary N) is 2. The Morgan fingerprint density at radius 3 is 2.57 bits per heavy atom. The van der Waals surface area contributed by atoms with E-state index < -0.39 is 17.6 Å². The third kappa shape index (κ3) is 4.44. The van der Waals surface area contributed by atoms with Gasteiger partial charge in [-0.15, -0.1) is 0 Å². The van der Waals surface area contributed by atoms with Gasteiger partial charge in [0.15, 0.2) is 0 Å². The van der Waals surface area contributed by atoms with Crippen LogP contribution in [0.2, 0.25) is 0 Å². The second-order valence-corrected chi connectivity index (χ2v) is 6.33. The number of ether oxygens (including phenoxy) is 1. The highest BCUT2D eigenvalue weighted by atomic mass is 19.4. The fraction of sp³-hybridized carbons (Fsp3) is 0.444. The second-order valence-electron chi connectivity index (χ2n) is 6.33. The van der Waals surface area contributed by atoms with Gasteiger partial charge < -0.3 is 20.3 Å². The van der Waals surface area contributed by atoms with E-state index in [2.05, 4.69) is 20.6 Å². The molecule has 0 bridgehead atoms. The van der Waals surface area contributed by atoms with Crippen molar-refractivity contribution in [2.45, 2.75) is 20.0 Å². The average Bonchev–Trinajstić information content (AvgIpc) is 2.65. The predicted molar refractivity (Wildman–Crippen MR) is 98.6 cm³/mol. The molecule has 2 aromatic rings. The molecule has 2 heterocycles. The summed E-state index contributed by atoms with van der Waals surface area (Å²) in [6.07, 6.45) is -3.90. The van der Waals surface area contributed by atoms with Crippen LogP contribution >= 0.6 is 0 Å². The molecule has 1 aromatic heterocycles. The van der Waals surface area contributed by atoms with Crippen molar-refractivity contribution in [2.24, 2.45) is 0 Å². The summed E-state index contributed by atoms with van der Waals surface area (Å²) in [7, 11) is 0. The minimum atomic E-state index is -4.59. The fourth-order valence-corrected chi connectivity index (χ4v) is 2.98. The molecule has 3 rings (SSSR count). The molecule has 0 aliphatic carbocycles. The van der Waals surface area contributed by atoms with Gasteiger partial charge in [0.2, 0.25) is 5.95 Å². The van der Waals surface area contributed by atoms with Gasteiger partial charge in [-0.1, -0.05) is 0 Å². The van der Waals surface area contributed by atoms with Crippen LogP contribution in [0, 0.1) is 12.7 Å². The number of rotatable bonds is 5. The SMILES string of the molecule is CCNc1nc(Nc2cc(C)c(N3CCOCC3)cc2F)ncc1C(F)(F)F. The maximum atomic E-state index is 14.6. The first-order chi connectivity index (χ1) is 13.3. The minimum Gasteiger partial charge on any atom is -0.378 e. The van der Waals surface area contributed by atoms with Crippen molar-refractivity contribution in [3.05, 3.63) is 35.3 Å². The number of morpholine rings is 1. The van der Waals surface area contributed by atoms with Gasteiger partial charge in [-0.3, -0.25) is 0 Å². The third-order valence-electron chi connectivity index (χ3n) is 4.32. The molecule has 10 heteroatoms. The molecular formula is C18H21F4N5O. The maximum Gasteiger partial charge on any atom is 0.421 e. The van der Waals surface area contributed by atoms with Crippen LogP contribution in [-0.4, -0.2) is 42.8 Å². The molecule has 0 atom stereocenters. The first-order valence-electron chi connectivity index (χ1n) is 8.87. The van der Waals surface area contributed by atoms with Gasteiger partial charge in [0.1, 0.15) is 17.2 Å². The average molecular weight is 399 g/mol. The van der Waals surface area contributed by atoms with Crippen LogP contribution in [0.15, 0.2) is 18.3 Å². The number of hydrogen-bond acceptors (Lipinski definition) is 6. The lowest BCUT2D eigenvalue weighted by atomic mass is 10.1. The summed E-state index contributed by atoms with van der Waals surface area (Å²) in [5.74, 6) is -1.02. The number of nitrogens with zero attached hydrogens (tertiary/aromatic N) is 3. The van der Waals surface area contributed by atoms with E-state index >= 15 is 0 Å². The monoisotopic (exact) mass is 399 g/mol. The van der Waals surface area contributed by atoms with Crippen LogP contribution in [0.4, 0.5) is 40.7 Å². The first-order valence-corrected chi connectivity index (χ1v) is 8.87. The molecule has 1 aliphatic rings. The van der Waals surface area contributed by atoms with Crippen molar-refractivity contribution < 1.29 is 22.3 Å². The lowest BCUT2D eigenvalue weighted by Gasteiger charge is -2.30. The zero-order valence-electron chi connectivity index (χ0n) is 15.5. The van der Waals surface area contributed by atoms with E-state index in [9.17, 15) is 17.6 Å². The number of hydrogen-bond donors (Lipinski definition) is 2. The second kappa shape index (κ2) is 8.17. The Balaban J connectivity index is 1.87. The van der Waals surface area contributed by atoms with Crippen LogP contribution in [0.1, 0.15) is 18.1 Å². The fourth-order valence-electron chi connectivity index (χ4n) is 2.98. The molecule has 152 valence electrons. The molecule has 6 nitrogen and oxygen atoms in total. The Labute approximate surface area is 159 Å². The van der Waals surface area contributed by atoms with E-state index in [0.717, 1.165) is 11.3 Å². The van der Waals surface area contributed by atoms with Crippen LogP contribution < -0.4 is 15.5 Å². The summed E-state index contributed by atoms with van der Waals surface area (Å²) in [5, 5.41) is 5.24. The van der Waals surface area contributed by atoms with Gasteiger partial charge in [0.25, 0.3) is 0 Å². The molecule has 0 amide bonds. The summed E-state index contributed by atoms with van der Waals surface area (Å²) < 4.78 is 59.1. The number of halogens is 4. The zero-order valence-corrected chi connectivity index (χ0v) is 15.5. The molecule has 2 N–H and O–H groups in total. The van der Waals surface area contributed by atoms with Gasteiger partial charge in [-0.05, 0) is 31.5 Å². The minimum absolute atomic E-state index is 0.0942. The largest absolute Gasteiger partial charge is 0.421 e. The number of alkyl halides is 3. The Bertz CT molecular complexity index is 837. The summed E-state index contributed by atoms with van der Waals surface area (Å²) in [5.41, 5.74) is 0.702. The molecule has 1 saturated heterocycles. The lowest BCUT2D eigenvalue weighted by Crippen LogP contribution is -2.36. The van der Waals surface area contributed by atoms with Crippen molar-refractivity contribution in [1.82, 2.24) is 9.97 Å². The summed E-state index contributed by atoms with van der Waals surface area (Å²) in [6, 6.07) is 2.99. The van der Waals surface area contributed by atoms with Gasteiger partial charge >= 0.3 is 6.18 Å². The zero-order chi connectivity index (χ0) is 20.3. The third-order valence-corrected chi connectivity index (χ3v) is 4.32. The topological polar surface area (TPSA) is 62.3 Å². The van der Waals surface area contributed by atoms with E-state index in [4.69, 9.17) is 4.74 Å². The molecule has 0 radical (unpaired) electrons. The number of aromatic nitrogens is 2. The Morgan fingerprint density at radius 2 is 1.93 bits per heavy atom. The van der Waals surface area contributed by atoms with Gasteiger partial charge in [0.05, 0.1) is 18.9 Å². The smallest absolute Gasteiger partial charge is 0.378 e. The predicted octanol–water partition coefficient (Wildman–Crippen LogP) is 3.95. The lowest BCUT2D eigenvalue weighted by molar-refractivity contribution is -0.137. The van der Waals surface area contributed by atoms with Crippen molar-refractivity contribution in [1.29, 1.82) is 0 Å². The normalized spacial score (nSPS) is 14.9. The molecule has 28 heavy (non-hydrogen) atoms. The molecule has 1 aromatic carbocycles. The number of benzene rings is 1. The number of anilines is 4.